The lowest BCUT2D eigenvalue weighted by molar-refractivity contribution is 0.0947. The molecule has 0 radical (unpaired) electrons. The molecule has 0 aliphatic carbocycles. The van der Waals surface area contributed by atoms with E-state index in [-0.39, 0.29) is 10.8 Å². The fourth-order valence-corrected chi connectivity index (χ4v) is 4.49. The van der Waals surface area contributed by atoms with E-state index in [0.717, 1.165) is 12.8 Å². The molecule has 158 valence electrons. The topological polar surface area (TPSA) is 75.7 Å². The number of hydrogen-bond acceptors (Lipinski definition) is 4. The summed E-state index contributed by atoms with van der Waals surface area (Å²) in [6.45, 7) is 5.48. The lowest BCUT2D eigenvalue weighted by atomic mass is 10.2. The van der Waals surface area contributed by atoms with Crippen molar-refractivity contribution in [1.82, 2.24) is 9.62 Å². The lowest BCUT2D eigenvalue weighted by Crippen LogP contribution is -2.32. The highest BCUT2D eigenvalue weighted by atomic mass is 35.5. The smallest absolute Gasteiger partial charge is 0.251 e. The van der Waals surface area contributed by atoms with E-state index in [0.29, 0.717) is 42.6 Å². The number of sulfonamides is 1. The molecule has 0 aliphatic rings. The SMILES string of the molecule is CCCN(CCC)S(=O)(=O)c1ccc(C(=O)NCCOc2ccc(Cl)cc2)cc1. The molecule has 0 heterocycles. The Balaban J connectivity index is 1.91. The number of benzene rings is 2. The van der Waals surface area contributed by atoms with E-state index >= 15 is 0 Å². The molecule has 0 spiro atoms. The van der Waals surface area contributed by atoms with E-state index in [9.17, 15) is 13.2 Å². The molecule has 0 bridgehead atoms. The third kappa shape index (κ3) is 6.73. The Morgan fingerprint density at radius 3 is 2.14 bits per heavy atom. The first-order chi connectivity index (χ1) is 13.9. The minimum atomic E-state index is -3.55. The van der Waals surface area contributed by atoms with Gasteiger partial charge in [-0.3, -0.25) is 4.79 Å². The largest absolute Gasteiger partial charge is 0.492 e. The monoisotopic (exact) mass is 438 g/mol. The zero-order valence-corrected chi connectivity index (χ0v) is 18.3. The van der Waals surface area contributed by atoms with Gasteiger partial charge in [0.25, 0.3) is 5.91 Å². The Morgan fingerprint density at radius 2 is 1.59 bits per heavy atom. The Bertz CT molecular complexity index is 878. The van der Waals surface area contributed by atoms with Crippen LogP contribution in [0.1, 0.15) is 37.0 Å². The molecule has 29 heavy (non-hydrogen) atoms. The van der Waals surface area contributed by atoms with Gasteiger partial charge in [0.2, 0.25) is 10.0 Å². The summed E-state index contributed by atoms with van der Waals surface area (Å²) < 4.78 is 32.5. The van der Waals surface area contributed by atoms with Crippen LogP contribution in [0.3, 0.4) is 0 Å². The molecule has 0 fully saturated rings. The normalized spacial score (nSPS) is 11.4. The van der Waals surface area contributed by atoms with E-state index in [4.69, 9.17) is 16.3 Å². The number of rotatable bonds is 11. The number of nitrogens with zero attached hydrogens (tertiary/aromatic N) is 1. The molecule has 1 N–H and O–H groups in total. The zero-order valence-electron chi connectivity index (χ0n) is 16.7. The second kappa shape index (κ2) is 11.2. The molecule has 2 aromatic rings. The summed E-state index contributed by atoms with van der Waals surface area (Å²) in [6, 6.07) is 13.0. The van der Waals surface area contributed by atoms with Crippen LogP contribution in [-0.4, -0.2) is 44.9 Å². The van der Waals surface area contributed by atoms with Crippen molar-refractivity contribution < 1.29 is 17.9 Å². The zero-order chi connectivity index (χ0) is 21.3. The van der Waals surface area contributed by atoms with Crippen LogP contribution in [-0.2, 0) is 10.0 Å². The Morgan fingerprint density at radius 1 is 1.00 bits per heavy atom. The van der Waals surface area contributed by atoms with Gasteiger partial charge in [0.05, 0.1) is 11.4 Å². The molecule has 8 heteroatoms. The molecule has 2 aromatic carbocycles. The van der Waals surface area contributed by atoms with E-state index < -0.39 is 10.0 Å². The second-order valence-electron chi connectivity index (χ2n) is 6.49. The van der Waals surface area contributed by atoms with Crippen LogP contribution in [0.25, 0.3) is 0 Å². The number of hydrogen-bond donors (Lipinski definition) is 1. The van der Waals surface area contributed by atoms with Crippen molar-refractivity contribution in [2.75, 3.05) is 26.2 Å². The van der Waals surface area contributed by atoms with Gasteiger partial charge in [0.15, 0.2) is 0 Å². The fourth-order valence-electron chi connectivity index (χ4n) is 2.74. The van der Waals surface area contributed by atoms with Gasteiger partial charge in [-0.25, -0.2) is 8.42 Å². The van der Waals surface area contributed by atoms with Crippen molar-refractivity contribution in [2.24, 2.45) is 0 Å². The maximum absolute atomic E-state index is 12.8. The van der Waals surface area contributed by atoms with E-state index in [1.54, 1.807) is 24.3 Å². The molecule has 0 aliphatic heterocycles. The molecule has 0 saturated carbocycles. The first-order valence-electron chi connectivity index (χ1n) is 9.65. The molecule has 1 amide bonds. The summed E-state index contributed by atoms with van der Waals surface area (Å²) in [4.78, 5) is 12.5. The van der Waals surface area contributed by atoms with Gasteiger partial charge in [-0.05, 0) is 61.4 Å². The lowest BCUT2D eigenvalue weighted by Gasteiger charge is -2.21. The van der Waals surface area contributed by atoms with Gasteiger partial charge in [-0.15, -0.1) is 0 Å². The number of nitrogens with one attached hydrogen (secondary N) is 1. The number of amides is 1. The molecular weight excluding hydrogens is 412 g/mol. The minimum Gasteiger partial charge on any atom is -0.492 e. The van der Waals surface area contributed by atoms with Crippen LogP contribution in [0.5, 0.6) is 5.75 Å². The Kier molecular flexibility index (Phi) is 8.95. The van der Waals surface area contributed by atoms with Crippen molar-refractivity contribution in [3.63, 3.8) is 0 Å². The average molecular weight is 439 g/mol. The third-order valence-electron chi connectivity index (χ3n) is 4.17. The van der Waals surface area contributed by atoms with Gasteiger partial charge >= 0.3 is 0 Å². The highest BCUT2D eigenvalue weighted by Gasteiger charge is 2.23. The number of halogens is 1. The molecular formula is C21H27ClN2O4S. The second-order valence-corrected chi connectivity index (χ2v) is 8.86. The fraction of sp³-hybridized carbons (Fsp3) is 0.381. The molecule has 0 aromatic heterocycles. The summed E-state index contributed by atoms with van der Waals surface area (Å²) >= 11 is 5.82. The third-order valence-corrected chi connectivity index (χ3v) is 6.34. The molecule has 0 saturated heterocycles. The highest BCUT2D eigenvalue weighted by Crippen LogP contribution is 2.18. The predicted molar refractivity (Wildman–Crippen MR) is 115 cm³/mol. The number of carbonyl (C=O) groups excluding carboxylic acids is 1. The predicted octanol–water partition coefficient (Wildman–Crippen LogP) is 3.96. The van der Waals surface area contributed by atoms with Crippen molar-refractivity contribution in [3.05, 3.63) is 59.1 Å². The maximum Gasteiger partial charge on any atom is 0.251 e. The number of ether oxygens (including phenoxy) is 1. The van der Waals surface area contributed by atoms with Gasteiger partial charge < -0.3 is 10.1 Å². The first kappa shape index (κ1) is 23.2. The van der Waals surface area contributed by atoms with Crippen molar-refractivity contribution in [2.45, 2.75) is 31.6 Å². The average Bonchev–Trinajstić information content (AvgIpc) is 2.72. The van der Waals surface area contributed by atoms with Gasteiger partial charge in [0, 0.05) is 23.7 Å². The van der Waals surface area contributed by atoms with Crippen molar-refractivity contribution >= 4 is 27.5 Å². The van der Waals surface area contributed by atoms with Gasteiger partial charge in [0.1, 0.15) is 12.4 Å². The van der Waals surface area contributed by atoms with Crippen LogP contribution in [0.2, 0.25) is 5.02 Å². The van der Waals surface area contributed by atoms with Crippen molar-refractivity contribution in [1.29, 1.82) is 0 Å². The summed E-state index contributed by atoms with van der Waals surface area (Å²) in [5.74, 6) is 0.384. The summed E-state index contributed by atoms with van der Waals surface area (Å²) in [6.07, 6.45) is 1.50. The van der Waals surface area contributed by atoms with Gasteiger partial charge in [-0.1, -0.05) is 25.4 Å². The summed E-state index contributed by atoms with van der Waals surface area (Å²) in [7, 11) is -3.55. The van der Waals surface area contributed by atoms with E-state index in [1.165, 1.54) is 28.6 Å². The Hall–Kier alpha value is -2.09. The quantitative estimate of drug-likeness (QED) is 0.539. The molecule has 0 unspecified atom stereocenters. The van der Waals surface area contributed by atoms with Gasteiger partial charge in [-0.2, -0.15) is 4.31 Å². The van der Waals surface area contributed by atoms with E-state index in [2.05, 4.69) is 5.32 Å². The molecule has 0 atom stereocenters. The van der Waals surface area contributed by atoms with Crippen LogP contribution in [0, 0.1) is 0 Å². The van der Waals surface area contributed by atoms with Crippen LogP contribution in [0.15, 0.2) is 53.4 Å². The standard InChI is InChI=1S/C21H27ClN2O4S/c1-3-14-24(15-4-2)29(26,27)20-11-5-17(6-12-20)21(25)23-13-16-28-19-9-7-18(22)8-10-19/h5-12H,3-4,13-16H2,1-2H3,(H,23,25). The summed E-state index contributed by atoms with van der Waals surface area (Å²) in [5.41, 5.74) is 0.396. The van der Waals surface area contributed by atoms with Crippen LogP contribution < -0.4 is 10.1 Å². The number of carbonyl (C=O) groups is 1. The van der Waals surface area contributed by atoms with Crippen LogP contribution in [0.4, 0.5) is 0 Å². The molecule has 6 nitrogen and oxygen atoms in total. The molecule has 2 rings (SSSR count). The minimum absolute atomic E-state index is 0.196. The van der Waals surface area contributed by atoms with Crippen molar-refractivity contribution in [3.8, 4) is 5.75 Å². The maximum atomic E-state index is 12.8. The first-order valence-corrected chi connectivity index (χ1v) is 11.5. The highest BCUT2D eigenvalue weighted by molar-refractivity contribution is 7.89. The Labute approximate surface area is 177 Å². The van der Waals surface area contributed by atoms with E-state index in [1.807, 2.05) is 13.8 Å². The summed E-state index contributed by atoms with van der Waals surface area (Å²) in [5, 5.41) is 3.38. The van der Waals surface area contributed by atoms with Crippen LogP contribution >= 0.6 is 11.6 Å².